The first-order chi connectivity index (χ1) is 10.0. The van der Waals surface area contributed by atoms with Gasteiger partial charge in [-0.05, 0) is 35.3 Å². The Kier molecular flexibility index (Phi) is 4.62. The second-order valence-electron chi connectivity index (χ2n) is 7.36. The van der Waals surface area contributed by atoms with E-state index in [9.17, 15) is 4.79 Å². The van der Waals surface area contributed by atoms with Crippen molar-refractivity contribution in [1.82, 2.24) is 5.32 Å². The Morgan fingerprint density at radius 1 is 1.41 bits per heavy atom. The van der Waals surface area contributed by atoms with Crippen LogP contribution in [0.15, 0.2) is 18.2 Å². The Bertz CT molecular complexity index is 583. The molecule has 0 aliphatic heterocycles. The lowest BCUT2D eigenvalue weighted by Gasteiger charge is -2.39. The maximum atomic E-state index is 11.2. The van der Waals surface area contributed by atoms with Gasteiger partial charge in [0.2, 0.25) is 0 Å². The molecule has 1 aromatic rings. The quantitative estimate of drug-likeness (QED) is 0.790. The average molecular weight is 342 g/mol. The van der Waals surface area contributed by atoms with E-state index in [1.807, 2.05) is 12.1 Å². The summed E-state index contributed by atoms with van der Waals surface area (Å²) < 4.78 is 6.47. The Labute approximate surface area is 138 Å². The molecule has 0 heterocycles. The number of amides is 1. The van der Waals surface area contributed by atoms with Gasteiger partial charge in [-0.3, -0.25) is 0 Å². The first-order valence-corrected chi connectivity index (χ1v) is 10.8. The zero-order chi connectivity index (χ0) is 16.7. The van der Waals surface area contributed by atoms with Crippen molar-refractivity contribution < 1.29 is 14.3 Å². The summed E-state index contributed by atoms with van der Waals surface area (Å²) in [5, 5.41) is 12.4. The second-order valence-corrected chi connectivity index (χ2v) is 12.5. The minimum absolute atomic E-state index is 0.0688. The van der Waals surface area contributed by atoms with Crippen LogP contribution in [0.5, 0.6) is 0 Å². The van der Waals surface area contributed by atoms with Crippen LogP contribution in [-0.2, 0) is 10.8 Å². The normalized spacial score (nSPS) is 21.5. The second kappa shape index (κ2) is 5.87. The lowest BCUT2D eigenvalue weighted by molar-refractivity contribution is 0.137. The van der Waals surface area contributed by atoms with E-state index in [2.05, 4.69) is 39.2 Å². The zero-order valence-corrected chi connectivity index (χ0v) is 15.5. The number of nitrogens with one attached hydrogen (secondary N) is 1. The van der Waals surface area contributed by atoms with Crippen LogP contribution < -0.4 is 5.32 Å². The fraction of sp³-hybridized carbons (Fsp3) is 0.562. The molecule has 0 fully saturated rings. The molecule has 122 valence electrons. The van der Waals surface area contributed by atoms with Crippen molar-refractivity contribution in [3.05, 3.63) is 34.3 Å². The van der Waals surface area contributed by atoms with Crippen molar-refractivity contribution in [2.75, 3.05) is 0 Å². The predicted octanol–water partition coefficient (Wildman–Crippen LogP) is 4.60. The molecule has 0 aromatic heterocycles. The molecule has 0 unspecified atom stereocenters. The molecule has 4 nitrogen and oxygen atoms in total. The van der Waals surface area contributed by atoms with E-state index < -0.39 is 20.5 Å². The van der Waals surface area contributed by atoms with Crippen LogP contribution in [0.2, 0.25) is 23.2 Å². The SMILES string of the molecule is CC(C)(C)[Si](C)(C)O[C@H]1Cc2cccc(Cl)c2[C@H]1NC(=O)O. The van der Waals surface area contributed by atoms with Crippen molar-refractivity contribution in [1.29, 1.82) is 0 Å². The highest BCUT2D eigenvalue weighted by molar-refractivity contribution is 6.74. The van der Waals surface area contributed by atoms with Gasteiger partial charge in [0, 0.05) is 11.4 Å². The number of fused-ring (bicyclic) bond motifs is 1. The van der Waals surface area contributed by atoms with Crippen LogP contribution in [0.4, 0.5) is 4.79 Å². The lowest BCUT2D eigenvalue weighted by Crippen LogP contribution is -2.47. The van der Waals surface area contributed by atoms with E-state index in [0.29, 0.717) is 11.4 Å². The highest BCUT2D eigenvalue weighted by atomic mass is 35.5. The van der Waals surface area contributed by atoms with Crippen molar-refractivity contribution in [2.45, 2.75) is 57.5 Å². The van der Waals surface area contributed by atoms with Crippen LogP contribution in [0.25, 0.3) is 0 Å². The lowest BCUT2D eigenvalue weighted by atomic mass is 10.1. The van der Waals surface area contributed by atoms with Crippen LogP contribution >= 0.6 is 11.6 Å². The van der Waals surface area contributed by atoms with Gasteiger partial charge < -0.3 is 14.8 Å². The van der Waals surface area contributed by atoms with Crippen LogP contribution in [0.1, 0.15) is 37.9 Å². The van der Waals surface area contributed by atoms with Gasteiger partial charge in [0.15, 0.2) is 8.32 Å². The van der Waals surface area contributed by atoms with Gasteiger partial charge in [0.05, 0.1) is 12.1 Å². The summed E-state index contributed by atoms with van der Waals surface area (Å²) in [7, 11) is -2.00. The summed E-state index contributed by atoms with van der Waals surface area (Å²) in [5.74, 6) is 0. The summed E-state index contributed by atoms with van der Waals surface area (Å²) in [4.78, 5) is 11.2. The molecule has 0 bridgehead atoms. The fourth-order valence-corrected chi connectivity index (χ4v) is 4.23. The number of carbonyl (C=O) groups is 1. The number of hydrogen-bond acceptors (Lipinski definition) is 2. The first-order valence-electron chi connectivity index (χ1n) is 7.47. The summed E-state index contributed by atoms with van der Waals surface area (Å²) in [6.45, 7) is 10.9. The minimum atomic E-state index is -2.00. The zero-order valence-electron chi connectivity index (χ0n) is 13.7. The minimum Gasteiger partial charge on any atom is -0.465 e. The molecule has 0 radical (unpaired) electrons. The third kappa shape index (κ3) is 3.31. The highest BCUT2D eigenvalue weighted by Crippen LogP contribution is 2.43. The Hall–Kier alpha value is -1.04. The molecular weight excluding hydrogens is 318 g/mol. The summed E-state index contributed by atoms with van der Waals surface area (Å²) in [6, 6.07) is 5.28. The standard InChI is InChI=1S/C16H24ClNO3Si/c1-16(2,3)22(4,5)21-12-9-10-7-6-8-11(17)13(10)14(12)18-15(19)20/h6-8,12,14,18H,9H2,1-5H3,(H,19,20)/t12-,14-/m0/s1. The summed E-state index contributed by atoms with van der Waals surface area (Å²) >= 11 is 6.30. The molecule has 1 amide bonds. The van der Waals surface area contributed by atoms with Crippen molar-refractivity contribution in [3.63, 3.8) is 0 Å². The number of rotatable bonds is 3. The first kappa shape index (κ1) is 17.3. The monoisotopic (exact) mass is 341 g/mol. The largest absolute Gasteiger partial charge is 0.465 e. The molecule has 1 aromatic carbocycles. The van der Waals surface area contributed by atoms with E-state index in [-0.39, 0.29) is 11.1 Å². The van der Waals surface area contributed by atoms with Gasteiger partial charge in [-0.25, -0.2) is 4.79 Å². The van der Waals surface area contributed by atoms with Gasteiger partial charge >= 0.3 is 6.09 Å². The average Bonchev–Trinajstić information content (AvgIpc) is 2.65. The van der Waals surface area contributed by atoms with E-state index in [1.54, 1.807) is 6.07 Å². The fourth-order valence-electron chi connectivity index (χ4n) is 2.59. The molecule has 2 N–H and O–H groups in total. The molecule has 2 atom stereocenters. The topological polar surface area (TPSA) is 58.6 Å². The van der Waals surface area contributed by atoms with Crippen LogP contribution in [0.3, 0.4) is 0 Å². The Balaban J connectivity index is 2.33. The van der Waals surface area contributed by atoms with Gasteiger partial charge in [-0.15, -0.1) is 0 Å². The molecule has 22 heavy (non-hydrogen) atoms. The highest BCUT2D eigenvalue weighted by Gasteiger charge is 2.44. The maximum Gasteiger partial charge on any atom is 0.405 e. The van der Waals surface area contributed by atoms with E-state index in [4.69, 9.17) is 21.1 Å². The van der Waals surface area contributed by atoms with E-state index >= 15 is 0 Å². The van der Waals surface area contributed by atoms with Gasteiger partial charge in [-0.2, -0.15) is 0 Å². The van der Waals surface area contributed by atoms with Crippen molar-refractivity contribution in [3.8, 4) is 0 Å². The van der Waals surface area contributed by atoms with Crippen molar-refractivity contribution >= 4 is 26.0 Å². The molecule has 1 aliphatic rings. The molecule has 0 saturated carbocycles. The third-order valence-corrected chi connectivity index (χ3v) is 9.61. The van der Waals surface area contributed by atoms with Gasteiger partial charge in [0.1, 0.15) is 0 Å². The van der Waals surface area contributed by atoms with Crippen molar-refractivity contribution in [2.24, 2.45) is 0 Å². The smallest absolute Gasteiger partial charge is 0.405 e. The predicted molar refractivity (Wildman–Crippen MR) is 91.1 cm³/mol. The number of benzene rings is 1. The number of carboxylic acid groups (broad SMARTS) is 1. The number of hydrogen-bond donors (Lipinski definition) is 2. The molecular formula is C16H24ClNO3Si. The molecule has 2 rings (SSSR count). The summed E-state index contributed by atoms with van der Waals surface area (Å²) in [6.07, 6.45) is -0.568. The molecule has 0 saturated heterocycles. The van der Waals surface area contributed by atoms with Gasteiger partial charge in [-0.1, -0.05) is 44.5 Å². The van der Waals surface area contributed by atoms with Crippen LogP contribution in [0, 0.1) is 0 Å². The van der Waals surface area contributed by atoms with Crippen LogP contribution in [-0.4, -0.2) is 25.6 Å². The third-order valence-electron chi connectivity index (χ3n) is 4.78. The maximum absolute atomic E-state index is 11.2. The van der Waals surface area contributed by atoms with E-state index in [0.717, 1.165) is 11.1 Å². The Morgan fingerprint density at radius 3 is 2.59 bits per heavy atom. The molecule has 1 aliphatic carbocycles. The Morgan fingerprint density at radius 2 is 2.05 bits per heavy atom. The molecule has 6 heteroatoms. The molecule has 0 spiro atoms. The number of halogens is 1. The van der Waals surface area contributed by atoms with Gasteiger partial charge in [0.25, 0.3) is 0 Å². The van der Waals surface area contributed by atoms with E-state index in [1.165, 1.54) is 0 Å². The summed E-state index contributed by atoms with van der Waals surface area (Å²) in [5.41, 5.74) is 1.92.